The molecule has 0 radical (unpaired) electrons. The van der Waals surface area contributed by atoms with Crippen LogP contribution in [0.15, 0.2) is 12.1 Å². The fraction of sp³-hybridized carbons (Fsp3) is 0.500. The summed E-state index contributed by atoms with van der Waals surface area (Å²) >= 11 is 0. The molecule has 2 rings (SSSR count). The van der Waals surface area contributed by atoms with Crippen molar-refractivity contribution in [2.24, 2.45) is 0 Å². The minimum atomic E-state index is -2.23. The molecule has 0 aliphatic heterocycles. The Labute approximate surface area is 148 Å². The quantitative estimate of drug-likeness (QED) is 0.416. The van der Waals surface area contributed by atoms with Gasteiger partial charge in [0.2, 0.25) is 11.4 Å². The van der Waals surface area contributed by atoms with E-state index in [0.717, 1.165) is 12.1 Å². The van der Waals surface area contributed by atoms with Gasteiger partial charge in [-0.1, -0.05) is 0 Å². The number of phenols is 1. The highest BCUT2D eigenvalue weighted by Crippen LogP contribution is 2.39. The van der Waals surface area contributed by atoms with Crippen LogP contribution in [0.1, 0.15) is 23.2 Å². The molecule has 0 bridgehead atoms. The molecular weight excluding hydrogens is 352 g/mol. The molecule has 26 heavy (non-hydrogen) atoms. The number of ether oxygens (including phenoxy) is 3. The summed E-state index contributed by atoms with van der Waals surface area (Å²) in [6, 6.07) is 2.25. The first-order valence-electron chi connectivity index (χ1n) is 7.61. The molecule has 1 aliphatic rings. The van der Waals surface area contributed by atoms with E-state index in [-0.39, 0.29) is 22.8 Å². The molecule has 1 aliphatic carbocycles. The first-order chi connectivity index (χ1) is 12.1. The Kier molecular flexibility index (Phi) is 5.59. The fourth-order valence-corrected chi connectivity index (χ4v) is 2.81. The van der Waals surface area contributed by atoms with Gasteiger partial charge in [0.25, 0.3) is 0 Å². The van der Waals surface area contributed by atoms with E-state index < -0.39 is 48.7 Å². The van der Waals surface area contributed by atoms with Gasteiger partial charge in [0.15, 0.2) is 11.5 Å². The number of aliphatic hydroxyl groups excluding tert-OH is 3. The van der Waals surface area contributed by atoms with Crippen LogP contribution in [0.25, 0.3) is 0 Å². The molecule has 1 saturated carbocycles. The van der Waals surface area contributed by atoms with Crippen molar-refractivity contribution in [1.29, 1.82) is 0 Å². The number of carbonyl (C=O) groups excluding carboxylic acids is 1. The van der Waals surface area contributed by atoms with Crippen molar-refractivity contribution in [2.45, 2.75) is 36.8 Å². The molecule has 2 atom stereocenters. The van der Waals surface area contributed by atoms with Crippen LogP contribution < -0.4 is 9.47 Å². The fourth-order valence-electron chi connectivity index (χ4n) is 2.81. The molecular formula is C16H20O10. The van der Waals surface area contributed by atoms with Crippen molar-refractivity contribution in [2.75, 3.05) is 14.2 Å². The lowest BCUT2D eigenvalue weighted by Gasteiger charge is -2.40. The summed E-state index contributed by atoms with van der Waals surface area (Å²) in [6.07, 6.45) is -5.93. The highest BCUT2D eigenvalue weighted by Gasteiger charge is 2.53. The molecule has 1 aromatic rings. The highest BCUT2D eigenvalue weighted by atomic mass is 16.6. The van der Waals surface area contributed by atoms with Crippen LogP contribution in [-0.4, -0.2) is 75.6 Å². The Morgan fingerprint density at radius 1 is 1.04 bits per heavy atom. The first-order valence-corrected chi connectivity index (χ1v) is 7.61. The average molecular weight is 372 g/mol. The van der Waals surface area contributed by atoms with Crippen molar-refractivity contribution >= 4 is 11.9 Å². The summed E-state index contributed by atoms with van der Waals surface area (Å²) in [6.45, 7) is 0. The number of hydrogen-bond donors (Lipinski definition) is 5. The van der Waals surface area contributed by atoms with Crippen LogP contribution in [0.3, 0.4) is 0 Å². The summed E-state index contributed by atoms with van der Waals surface area (Å²) in [5, 5.41) is 48.5. The second-order valence-electron chi connectivity index (χ2n) is 5.95. The third kappa shape index (κ3) is 3.52. The van der Waals surface area contributed by atoms with E-state index in [1.54, 1.807) is 0 Å². The van der Waals surface area contributed by atoms with Crippen molar-refractivity contribution < 1.29 is 49.3 Å². The van der Waals surface area contributed by atoms with Gasteiger partial charge in [0.05, 0.1) is 32.0 Å². The summed E-state index contributed by atoms with van der Waals surface area (Å²) in [5.41, 5.74) is -2.40. The number of hydrogen-bond acceptors (Lipinski definition) is 9. The standard InChI is InChI=1S/C16H20O10/c1-24-10-3-7(4-11(25-2)13(10)20)14(21)26-16(15(22)23)5-8(17)12(19)9(18)6-16/h3-4,8-9,12,17-20H,5-6H2,1-2H3,(H,22,23)/t8-,9-,12?,16?/m1/s1. The van der Waals surface area contributed by atoms with Crippen LogP contribution in [0.5, 0.6) is 17.2 Å². The second kappa shape index (κ2) is 7.36. The lowest BCUT2D eigenvalue weighted by Crippen LogP contribution is -2.58. The second-order valence-corrected chi connectivity index (χ2v) is 5.95. The molecule has 0 amide bonds. The van der Waals surface area contributed by atoms with Crippen molar-refractivity contribution in [1.82, 2.24) is 0 Å². The SMILES string of the molecule is COc1cc(C(=O)OC2(C(=O)O)C[C@@H](O)C(O)[C@H](O)C2)cc(OC)c1O. The van der Waals surface area contributed by atoms with Gasteiger partial charge >= 0.3 is 11.9 Å². The molecule has 1 fully saturated rings. The zero-order valence-electron chi connectivity index (χ0n) is 14.1. The van der Waals surface area contributed by atoms with E-state index in [9.17, 15) is 35.1 Å². The number of rotatable bonds is 5. The van der Waals surface area contributed by atoms with Gasteiger partial charge in [-0.05, 0) is 12.1 Å². The Balaban J connectivity index is 2.36. The summed E-state index contributed by atoms with van der Waals surface area (Å²) < 4.78 is 14.9. The smallest absolute Gasteiger partial charge is 0.348 e. The number of aliphatic hydroxyl groups is 3. The monoisotopic (exact) mass is 372 g/mol. The van der Waals surface area contributed by atoms with Crippen molar-refractivity contribution in [3.8, 4) is 17.2 Å². The number of phenolic OH excluding ortho intramolecular Hbond substituents is 1. The number of benzene rings is 1. The zero-order valence-corrected chi connectivity index (χ0v) is 14.1. The largest absolute Gasteiger partial charge is 0.502 e. The van der Waals surface area contributed by atoms with Crippen LogP contribution in [0.2, 0.25) is 0 Å². The Morgan fingerprint density at radius 3 is 1.88 bits per heavy atom. The number of esters is 1. The zero-order chi connectivity index (χ0) is 19.6. The van der Waals surface area contributed by atoms with Gasteiger partial charge in [0.1, 0.15) is 6.10 Å². The number of carboxylic acid groups (broad SMARTS) is 1. The van der Waals surface area contributed by atoms with Crippen molar-refractivity contribution in [3.05, 3.63) is 17.7 Å². The predicted octanol–water partition coefficient (Wildman–Crippen LogP) is -0.734. The van der Waals surface area contributed by atoms with Gasteiger partial charge < -0.3 is 39.7 Å². The Hall–Kier alpha value is -2.56. The number of carbonyl (C=O) groups is 2. The van der Waals surface area contributed by atoms with Crippen molar-refractivity contribution in [3.63, 3.8) is 0 Å². The van der Waals surface area contributed by atoms with E-state index in [4.69, 9.17) is 14.2 Å². The maximum absolute atomic E-state index is 12.5. The number of aliphatic carboxylic acids is 1. The van der Waals surface area contributed by atoms with Gasteiger partial charge in [-0.25, -0.2) is 9.59 Å². The van der Waals surface area contributed by atoms with Gasteiger partial charge in [-0.3, -0.25) is 0 Å². The van der Waals surface area contributed by atoms with E-state index >= 15 is 0 Å². The maximum atomic E-state index is 12.5. The lowest BCUT2D eigenvalue weighted by molar-refractivity contribution is -0.187. The maximum Gasteiger partial charge on any atom is 0.348 e. The van der Waals surface area contributed by atoms with E-state index in [2.05, 4.69) is 0 Å². The van der Waals surface area contributed by atoms with E-state index in [0.29, 0.717) is 0 Å². The molecule has 5 N–H and O–H groups in total. The predicted molar refractivity (Wildman–Crippen MR) is 84.2 cm³/mol. The van der Waals surface area contributed by atoms with Gasteiger partial charge in [-0.2, -0.15) is 0 Å². The van der Waals surface area contributed by atoms with Crippen LogP contribution in [0.4, 0.5) is 0 Å². The van der Waals surface area contributed by atoms with Crippen LogP contribution in [0, 0.1) is 0 Å². The number of aromatic hydroxyl groups is 1. The Bertz CT molecular complexity index is 663. The summed E-state index contributed by atoms with van der Waals surface area (Å²) in [7, 11) is 2.50. The number of carboxylic acids is 1. The molecule has 10 heteroatoms. The minimum Gasteiger partial charge on any atom is -0.502 e. The third-order valence-electron chi connectivity index (χ3n) is 4.26. The molecule has 0 aromatic heterocycles. The molecule has 0 spiro atoms. The van der Waals surface area contributed by atoms with Crippen LogP contribution >= 0.6 is 0 Å². The van der Waals surface area contributed by atoms with E-state index in [1.807, 2.05) is 0 Å². The third-order valence-corrected chi connectivity index (χ3v) is 4.26. The molecule has 0 unspecified atom stereocenters. The molecule has 144 valence electrons. The summed E-state index contributed by atoms with van der Waals surface area (Å²) in [5.74, 6) is -3.22. The Morgan fingerprint density at radius 2 is 1.50 bits per heavy atom. The lowest BCUT2D eigenvalue weighted by atomic mass is 9.79. The van der Waals surface area contributed by atoms with Gasteiger partial charge in [-0.15, -0.1) is 0 Å². The summed E-state index contributed by atoms with van der Waals surface area (Å²) in [4.78, 5) is 24.1. The average Bonchev–Trinajstić information content (AvgIpc) is 2.59. The minimum absolute atomic E-state index is 0.0974. The van der Waals surface area contributed by atoms with Crippen LogP contribution in [-0.2, 0) is 9.53 Å². The normalized spacial score (nSPS) is 28.3. The first kappa shape index (κ1) is 19.8. The highest BCUT2D eigenvalue weighted by molar-refractivity contribution is 5.93. The van der Waals surface area contributed by atoms with Gasteiger partial charge in [0, 0.05) is 12.8 Å². The molecule has 0 saturated heterocycles. The molecule has 10 nitrogen and oxygen atoms in total. The van der Waals surface area contributed by atoms with E-state index in [1.165, 1.54) is 14.2 Å². The topological polar surface area (TPSA) is 163 Å². The molecule has 1 aromatic carbocycles. The number of methoxy groups -OCH3 is 2. The molecule has 0 heterocycles.